The van der Waals surface area contributed by atoms with Crippen LogP contribution in [0.4, 0.5) is 5.69 Å². The van der Waals surface area contributed by atoms with Gasteiger partial charge in [-0.05, 0) is 18.2 Å². The lowest BCUT2D eigenvalue weighted by Gasteiger charge is -2.06. The maximum atomic E-state index is 11.3. The van der Waals surface area contributed by atoms with E-state index in [1.165, 1.54) is 6.07 Å². The zero-order chi connectivity index (χ0) is 12.1. The minimum absolute atomic E-state index is 0.179. The molecule has 0 atom stereocenters. The molecule has 1 aromatic carbocycles. The quantitative estimate of drug-likeness (QED) is 0.680. The number of hydrogen-bond donors (Lipinski definition) is 1. The third kappa shape index (κ3) is 4.00. The molecule has 86 valence electrons. The van der Waals surface area contributed by atoms with Gasteiger partial charge in [-0.3, -0.25) is 9.59 Å². The molecule has 6 heteroatoms. The summed E-state index contributed by atoms with van der Waals surface area (Å²) in [6.45, 7) is 0. The Bertz CT molecular complexity index is 421. The van der Waals surface area contributed by atoms with Gasteiger partial charge < -0.3 is 5.32 Å². The molecule has 0 bridgehead atoms. The van der Waals surface area contributed by atoms with E-state index in [0.29, 0.717) is 15.7 Å². The van der Waals surface area contributed by atoms with Crippen molar-refractivity contribution in [2.75, 3.05) is 11.2 Å². The lowest BCUT2D eigenvalue weighted by molar-refractivity contribution is -0.124. The lowest BCUT2D eigenvalue weighted by atomic mass is 10.2. The smallest absolute Gasteiger partial charge is 0.231 e. The first-order valence-electron chi connectivity index (χ1n) is 4.35. The van der Waals surface area contributed by atoms with Crippen LogP contribution in [0.25, 0.3) is 0 Å². The summed E-state index contributed by atoms with van der Waals surface area (Å²) in [4.78, 5) is 22.2. The van der Waals surface area contributed by atoms with Crippen LogP contribution in [0.2, 0.25) is 10.0 Å². The highest BCUT2D eigenvalue weighted by molar-refractivity contribution is 6.36. The minimum Gasteiger partial charge on any atom is -0.324 e. The van der Waals surface area contributed by atoms with E-state index in [-0.39, 0.29) is 18.1 Å². The molecule has 1 rings (SSSR count). The van der Waals surface area contributed by atoms with Crippen molar-refractivity contribution in [1.29, 1.82) is 0 Å². The number of nitrogens with one attached hydrogen (secondary N) is 1. The van der Waals surface area contributed by atoms with Crippen LogP contribution in [0.3, 0.4) is 0 Å². The van der Waals surface area contributed by atoms with Gasteiger partial charge in [-0.2, -0.15) is 0 Å². The van der Waals surface area contributed by atoms with E-state index in [9.17, 15) is 9.59 Å². The van der Waals surface area contributed by atoms with Gasteiger partial charge in [-0.1, -0.05) is 23.2 Å². The van der Waals surface area contributed by atoms with Crippen molar-refractivity contribution in [3.05, 3.63) is 28.2 Å². The zero-order valence-corrected chi connectivity index (χ0v) is 10.4. The highest BCUT2D eigenvalue weighted by Gasteiger charge is 2.10. The van der Waals surface area contributed by atoms with E-state index in [2.05, 4.69) is 5.32 Å². The second-order valence-electron chi connectivity index (χ2n) is 3.02. The van der Waals surface area contributed by atoms with Crippen molar-refractivity contribution >= 4 is 52.2 Å². The Morgan fingerprint density at radius 3 is 2.50 bits per heavy atom. The zero-order valence-electron chi connectivity index (χ0n) is 8.10. The predicted molar refractivity (Wildman–Crippen MR) is 65.4 cm³/mol. The third-order valence-corrected chi connectivity index (χ3v) is 2.56. The SMILES string of the molecule is O=C(CCl)CC(=O)Nc1ccc(Cl)cc1Cl. The van der Waals surface area contributed by atoms with Crippen LogP contribution in [-0.4, -0.2) is 17.6 Å². The number of amides is 1. The summed E-state index contributed by atoms with van der Waals surface area (Å²) in [5, 5.41) is 3.28. The topological polar surface area (TPSA) is 46.2 Å². The molecular weight excluding hydrogens is 272 g/mol. The normalized spacial score (nSPS) is 9.94. The molecule has 1 N–H and O–H groups in total. The molecule has 0 heterocycles. The van der Waals surface area contributed by atoms with Crippen LogP contribution in [-0.2, 0) is 9.59 Å². The van der Waals surface area contributed by atoms with Crippen molar-refractivity contribution in [3.63, 3.8) is 0 Å². The Hall–Kier alpha value is -0.770. The van der Waals surface area contributed by atoms with Gasteiger partial charge in [0.25, 0.3) is 0 Å². The monoisotopic (exact) mass is 279 g/mol. The van der Waals surface area contributed by atoms with Crippen LogP contribution < -0.4 is 5.32 Å². The summed E-state index contributed by atoms with van der Waals surface area (Å²) in [5.74, 6) is -0.971. The Labute approximate surface area is 108 Å². The Kier molecular flexibility index (Phi) is 5.06. The number of benzene rings is 1. The minimum atomic E-state index is -0.449. The van der Waals surface area contributed by atoms with Gasteiger partial charge in [0.1, 0.15) is 0 Å². The Morgan fingerprint density at radius 1 is 1.25 bits per heavy atom. The molecule has 0 aromatic heterocycles. The van der Waals surface area contributed by atoms with Crippen LogP contribution in [0.5, 0.6) is 0 Å². The molecule has 0 aliphatic rings. The van der Waals surface area contributed by atoms with Crippen LogP contribution in [0.1, 0.15) is 6.42 Å². The molecule has 0 unspecified atom stereocenters. The first kappa shape index (κ1) is 13.3. The van der Waals surface area contributed by atoms with E-state index < -0.39 is 5.91 Å². The number of alkyl halides is 1. The molecule has 0 aliphatic carbocycles. The number of hydrogen-bond acceptors (Lipinski definition) is 2. The molecule has 1 amide bonds. The van der Waals surface area contributed by atoms with Gasteiger partial charge >= 0.3 is 0 Å². The summed E-state index contributed by atoms with van der Waals surface area (Å²) >= 11 is 16.8. The van der Waals surface area contributed by atoms with Crippen molar-refractivity contribution in [1.82, 2.24) is 0 Å². The molecule has 0 fully saturated rings. The van der Waals surface area contributed by atoms with Crippen LogP contribution in [0.15, 0.2) is 18.2 Å². The molecule has 1 aromatic rings. The number of carbonyl (C=O) groups excluding carboxylic acids is 2. The fraction of sp³-hybridized carbons (Fsp3) is 0.200. The summed E-state index contributed by atoms with van der Waals surface area (Å²) in [5.41, 5.74) is 0.415. The first-order chi connectivity index (χ1) is 7.52. The van der Waals surface area contributed by atoms with Gasteiger partial charge in [-0.15, -0.1) is 11.6 Å². The largest absolute Gasteiger partial charge is 0.324 e. The molecule has 0 aliphatic heterocycles. The molecule has 0 spiro atoms. The maximum Gasteiger partial charge on any atom is 0.231 e. The highest BCUT2D eigenvalue weighted by atomic mass is 35.5. The second kappa shape index (κ2) is 6.09. The Balaban J connectivity index is 2.66. The van der Waals surface area contributed by atoms with E-state index in [1.807, 2.05) is 0 Å². The van der Waals surface area contributed by atoms with Gasteiger partial charge in [0, 0.05) is 5.02 Å². The van der Waals surface area contributed by atoms with Gasteiger partial charge in [0.15, 0.2) is 5.78 Å². The summed E-state index contributed by atoms with van der Waals surface area (Å²) in [6.07, 6.45) is -0.261. The third-order valence-electron chi connectivity index (χ3n) is 1.71. The fourth-order valence-electron chi connectivity index (χ4n) is 1.01. The van der Waals surface area contributed by atoms with E-state index in [0.717, 1.165) is 0 Å². The van der Waals surface area contributed by atoms with Crippen molar-refractivity contribution in [2.24, 2.45) is 0 Å². The molecule has 0 saturated carbocycles. The number of halogens is 3. The van der Waals surface area contributed by atoms with E-state index >= 15 is 0 Å². The first-order valence-corrected chi connectivity index (χ1v) is 5.64. The molecule has 16 heavy (non-hydrogen) atoms. The van der Waals surface area contributed by atoms with Crippen molar-refractivity contribution in [2.45, 2.75) is 6.42 Å². The predicted octanol–water partition coefficient (Wildman–Crippen LogP) is 3.13. The van der Waals surface area contributed by atoms with Gasteiger partial charge in [0.05, 0.1) is 23.0 Å². The Morgan fingerprint density at radius 2 is 1.94 bits per heavy atom. The van der Waals surface area contributed by atoms with Crippen molar-refractivity contribution in [3.8, 4) is 0 Å². The standard InChI is InChI=1S/C10H8Cl3NO2/c11-5-7(15)4-10(16)14-9-2-1-6(12)3-8(9)13/h1-3H,4-5H2,(H,14,16). The number of anilines is 1. The fourth-order valence-corrected chi connectivity index (χ4v) is 1.56. The van der Waals surface area contributed by atoms with Gasteiger partial charge in [-0.25, -0.2) is 0 Å². The molecule has 3 nitrogen and oxygen atoms in total. The molecule has 0 radical (unpaired) electrons. The molecular formula is C10H8Cl3NO2. The number of ketones is 1. The average molecular weight is 281 g/mol. The van der Waals surface area contributed by atoms with Crippen LogP contribution in [0, 0.1) is 0 Å². The van der Waals surface area contributed by atoms with Gasteiger partial charge in [0.2, 0.25) is 5.91 Å². The average Bonchev–Trinajstić information content (AvgIpc) is 2.22. The number of carbonyl (C=O) groups is 2. The lowest BCUT2D eigenvalue weighted by Crippen LogP contribution is -2.17. The second-order valence-corrected chi connectivity index (χ2v) is 4.13. The van der Waals surface area contributed by atoms with E-state index in [4.69, 9.17) is 34.8 Å². The molecule has 0 saturated heterocycles. The number of Topliss-reactive ketones (excluding diaryl/α,β-unsaturated/α-hetero) is 1. The number of rotatable bonds is 4. The highest BCUT2D eigenvalue weighted by Crippen LogP contribution is 2.25. The maximum absolute atomic E-state index is 11.3. The van der Waals surface area contributed by atoms with E-state index in [1.54, 1.807) is 12.1 Å². The summed E-state index contributed by atoms with van der Waals surface area (Å²) in [7, 11) is 0. The van der Waals surface area contributed by atoms with Crippen molar-refractivity contribution < 1.29 is 9.59 Å². The summed E-state index contributed by atoms with van der Waals surface area (Å²) in [6, 6.07) is 4.66. The van der Waals surface area contributed by atoms with Crippen LogP contribution >= 0.6 is 34.8 Å². The summed E-state index contributed by atoms with van der Waals surface area (Å²) < 4.78 is 0.